The SMILES string of the molecule is COc1cc([N+](=O)[O-])ccc1OC(N)=O. The number of benzene rings is 1. The van der Waals surface area contributed by atoms with Gasteiger partial charge >= 0.3 is 6.09 Å². The Labute approximate surface area is 84.5 Å². The van der Waals surface area contributed by atoms with E-state index >= 15 is 0 Å². The van der Waals surface area contributed by atoms with Gasteiger partial charge in [-0.3, -0.25) is 10.1 Å². The van der Waals surface area contributed by atoms with Gasteiger partial charge in [-0.15, -0.1) is 0 Å². The largest absolute Gasteiger partial charge is 0.493 e. The Hall–Kier alpha value is -2.31. The number of nitro groups is 1. The molecule has 0 saturated carbocycles. The second-order valence-electron chi connectivity index (χ2n) is 2.51. The Morgan fingerprint density at radius 3 is 2.60 bits per heavy atom. The predicted molar refractivity (Wildman–Crippen MR) is 49.9 cm³/mol. The number of carbonyl (C=O) groups is 1. The second kappa shape index (κ2) is 4.27. The van der Waals surface area contributed by atoms with Crippen molar-refractivity contribution in [1.29, 1.82) is 0 Å². The maximum atomic E-state index is 10.5. The molecule has 0 aliphatic carbocycles. The zero-order chi connectivity index (χ0) is 11.4. The topological polar surface area (TPSA) is 105 Å². The number of primary amides is 1. The molecule has 1 aromatic rings. The number of hydrogen-bond donors (Lipinski definition) is 1. The maximum Gasteiger partial charge on any atom is 0.410 e. The summed E-state index contributed by atoms with van der Waals surface area (Å²) in [5.41, 5.74) is 4.63. The van der Waals surface area contributed by atoms with Crippen molar-refractivity contribution in [1.82, 2.24) is 0 Å². The van der Waals surface area contributed by atoms with E-state index in [1.807, 2.05) is 0 Å². The Balaban J connectivity index is 3.08. The molecule has 80 valence electrons. The molecule has 0 aromatic heterocycles. The Morgan fingerprint density at radius 2 is 2.13 bits per heavy atom. The fourth-order valence-electron chi connectivity index (χ4n) is 0.963. The van der Waals surface area contributed by atoms with E-state index in [0.29, 0.717) is 0 Å². The first-order chi connectivity index (χ1) is 7.04. The van der Waals surface area contributed by atoms with Crippen molar-refractivity contribution < 1.29 is 19.2 Å². The quantitative estimate of drug-likeness (QED) is 0.595. The van der Waals surface area contributed by atoms with Crippen LogP contribution < -0.4 is 15.2 Å². The van der Waals surface area contributed by atoms with Gasteiger partial charge in [-0.1, -0.05) is 0 Å². The third kappa shape index (κ3) is 2.56. The monoisotopic (exact) mass is 212 g/mol. The summed E-state index contributed by atoms with van der Waals surface area (Å²) in [6.45, 7) is 0. The normalized spacial score (nSPS) is 9.40. The zero-order valence-corrected chi connectivity index (χ0v) is 7.80. The molecular weight excluding hydrogens is 204 g/mol. The Bertz CT molecular complexity index is 404. The fourth-order valence-corrected chi connectivity index (χ4v) is 0.963. The molecule has 0 heterocycles. The third-order valence-corrected chi connectivity index (χ3v) is 1.57. The minimum absolute atomic E-state index is 0.0376. The van der Waals surface area contributed by atoms with E-state index < -0.39 is 11.0 Å². The molecule has 0 bridgehead atoms. The summed E-state index contributed by atoms with van der Waals surface area (Å²) in [5, 5.41) is 10.4. The molecule has 0 aliphatic rings. The predicted octanol–water partition coefficient (Wildman–Crippen LogP) is 1.06. The molecule has 0 atom stereocenters. The standard InChI is InChI=1S/C8H8N2O5/c1-14-7-4-5(10(12)13)2-3-6(7)15-8(9)11/h2-4H,1H3,(H2,9,11). The van der Waals surface area contributed by atoms with Gasteiger partial charge in [-0.05, 0) is 6.07 Å². The summed E-state index contributed by atoms with van der Waals surface area (Å²) in [5.74, 6) is 0.110. The van der Waals surface area contributed by atoms with Crippen molar-refractivity contribution in [2.45, 2.75) is 0 Å². The molecule has 0 aliphatic heterocycles. The van der Waals surface area contributed by atoms with E-state index in [-0.39, 0.29) is 17.2 Å². The highest BCUT2D eigenvalue weighted by molar-refractivity contribution is 5.69. The number of nitrogens with two attached hydrogens (primary N) is 1. The van der Waals surface area contributed by atoms with Crippen LogP contribution in [0.2, 0.25) is 0 Å². The van der Waals surface area contributed by atoms with E-state index in [9.17, 15) is 14.9 Å². The Kier molecular flexibility index (Phi) is 3.06. The van der Waals surface area contributed by atoms with Crippen LogP contribution in [0, 0.1) is 10.1 Å². The van der Waals surface area contributed by atoms with Crippen molar-refractivity contribution in [3.05, 3.63) is 28.3 Å². The van der Waals surface area contributed by atoms with Gasteiger partial charge in [0.25, 0.3) is 5.69 Å². The van der Waals surface area contributed by atoms with Crippen LogP contribution in [0.4, 0.5) is 10.5 Å². The van der Waals surface area contributed by atoms with Crippen LogP contribution in [0.5, 0.6) is 11.5 Å². The van der Waals surface area contributed by atoms with E-state index in [2.05, 4.69) is 4.74 Å². The molecule has 1 aromatic carbocycles. The number of nitrogens with zero attached hydrogens (tertiary/aromatic N) is 1. The van der Waals surface area contributed by atoms with Crippen LogP contribution in [-0.2, 0) is 0 Å². The first-order valence-corrected chi connectivity index (χ1v) is 3.84. The lowest BCUT2D eigenvalue weighted by Crippen LogP contribution is -2.16. The van der Waals surface area contributed by atoms with Gasteiger partial charge in [0.05, 0.1) is 18.1 Å². The number of hydrogen-bond acceptors (Lipinski definition) is 5. The molecule has 2 N–H and O–H groups in total. The zero-order valence-electron chi connectivity index (χ0n) is 7.80. The summed E-state index contributed by atoms with van der Waals surface area (Å²) in [4.78, 5) is 20.3. The van der Waals surface area contributed by atoms with Crippen molar-refractivity contribution in [3.63, 3.8) is 0 Å². The van der Waals surface area contributed by atoms with Crippen LogP contribution >= 0.6 is 0 Å². The average Bonchev–Trinajstić information content (AvgIpc) is 2.17. The Morgan fingerprint density at radius 1 is 1.47 bits per heavy atom. The van der Waals surface area contributed by atoms with Gasteiger partial charge in [0.15, 0.2) is 11.5 Å². The first kappa shape index (κ1) is 10.8. The van der Waals surface area contributed by atoms with Crippen molar-refractivity contribution >= 4 is 11.8 Å². The van der Waals surface area contributed by atoms with Crippen molar-refractivity contribution in [2.24, 2.45) is 5.73 Å². The highest BCUT2D eigenvalue weighted by atomic mass is 16.6. The maximum absolute atomic E-state index is 10.5. The lowest BCUT2D eigenvalue weighted by molar-refractivity contribution is -0.384. The summed E-state index contributed by atoms with van der Waals surface area (Å²) in [7, 11) is 1.30. The number of ether oxygens (including phenoxy) is 2. The van der Waals surface area contributed by atoms with Gasteiger partial charge < -0.3 is 15.2 Å². The third-order valence-electron chi connectivity index (χ3n) is 1.57. The molecule has 0 radical (unpaired) electrons. The van der Waals surface area contributed by atoms with Crippen molar-refractivity contribution in [3.8, 4) is 11.5 Å². The fraction of sp³-hybridized carbons (Fsp3) is 0.125. The molecule has 1 amide bonds. The average molecular weight is 212 g/mol. The lowest BCUT2D eigenvalue weighted by atomic mass is 10.3. The summed E-state index contributed by atoms with van der Waals surface area (Å²) in [6.07, 6.45) is -1.01. The molecule has 0 unspecified atom stereocenters. The molecule has 0 fully saturated rings. The van der Waals surface area contributed by atoms with Gasteiger partial charge in [0.2, 0.25) is 0 Å². The molecule has 0 saturated heterocycles. The van der Waals surface area contributed by atoms with Crippen molar-refractivity contribution in [2.75, 3.05) is 7.11 Å². The van der Waals surface area contributed by atoms with E-state index in [0.717, 1.165) is 6.07 Å². The number of methoxy groups -OCH3 is 1. The highest BCUT2D eigenvalue weighted by Gasteiger charge is 2.13. The molecule has 7 nitrogen and oxygen atoms in total. The summed E-state index contributed by atoms with van der Waals surface area (Å²) >= 11 is 0. The van der Waals surface area contributed by atoms with E-state index in [1.165, 1.54) is 19.2 Å². The lowest BCUT2D eigenvalue weighted by Gasteiger charge is -2.06. The van der Waals surface area contributed by atoms with Crippen LogP contribution in [0.1, 0.15) is 0 Å². The summed E-state index contributed by atoms with van der Waals surface area (Å²) < 4.78 is 9.36. The molecule has 15 heavy (non-hydrogen) atoms. The van der Waals surface area contributed by atoms with Crippen LogP contribution in [0.25, 0.3) is 0 Å². The van der Waals surface area contributed by atoms with Crippen LogP contribution in [-0.4, -0.2) is 18.1 Å². The number of amides is 1. The number of carbonyl (C=O) groups excluding carboxylic acids is 1. The van der Waals surface area contributed by atoms with Gasteiger partial charge in [-0.25, -0.2) is 4.79 Å². The first-order valence-electron chi connectivity index (χ1n) is 3.84. The van der Waals surface area contributed by atoms with Gasteiger partial charge in [0.1, 0.15) is 0 Å². The van der Waals surface area contributed by atoms with Crippen LogP contribution in [0.15, 0.2) is 18.2 Å². The number of non-ortho nitro benzene ring substituents is 1. The molecule has 1 rings (SSSR count). The minimum Gasteiger partial charge on any atom is -0.493 e. The molecule has 0 spiro atoms. The minimum atomic E-state index is -1.01. The highest BCUT2D eigenvalue weighted by Crippen LogP contribution is 2.30. The molecule has 7 heteroatoms. The van der Waals surface area contributed by atoms with Crippen LogP contribution in [0.3, 0.4) is 0 Å². The smallest absolute Gasteiger partial charge is 0.410 e. The number of nitro benzene ring substituents is 1. The van der Waals surface area contributed by atoms with E-state index in [4.69, 9.17) is 10.5 Å². The summed E-state index contributed by atoms with van der Waals surface area (Å²) in [6, 6.07) is 3.56. The van der Waals surface area contributed by atoms with Gasteiger partial charge in [-0.2, -0.15) is 0 Å². The number of rotatable bonds is 3. The second-order valence-corrected chi connectivity index (χ2v) is 2.51. The van der Waals surface area contributed by atoms with E-state index in [1.54, 1.807) is 0 Å². The van der Waals surface area contributed by atoms with Gasteiger partial charge in [0, 0.05) is 6.07 Å². The molecular formula is C8H8N2O5.